The Labute approximate surface area is 154 Å². The quantitative estimate of drug-likeness (QED) is 0.865. The van der Waals surface area contributed by atoms with Crippen molar-refractivity contribution >= 4 is 5.91 Å². The summed E-state index contributed by atoms with van der Waals surface area (Å²) in [6, 6.07) is 0. The molecule has 4 rings (SSSR count). The van der Waals surface area contributed by atoms with Crippen molar-refractivity contribution < 1.29 is 19.4 Å². The van der Waals surface area contributed by atoms with Crippen molar-refractivity contribution in [1.29, 1.82) is 0 Å². The van der Waals surface area contributed by atoms with Crippen LogP contribution in [0, 0.1) is 5.41 Å². The van der Waals surface area contributed by atoms with Crippen molar-refractivity contribution in [2.45, 2.75) is 63.7 Å². The average molecular weight is 363 g/mol. The lowest BCUT2D eigenvalue weighted by Crippen LogP contribution is -2.53. The lowest BCUT2D eigenvalue weighted by atomic mass is 9.82. The minimum Gasteiger partial charge on any atom is -0.483 e. The van der Waals surface area contributed by atoms with Crippen LogP contribution in [0.3, 0.4) is 0 Å². The molecule has 1 unspecified atom stereocenters. The number of hydrogen-bond acceptors (Lipinski definition) is 5. The zero-order valence-corrected chi connectivity index (χ0v) is 15.7. The molecule has 1 aromatic rings. The van der Waals surface area contributed by atoms with Gasteiger partial charge in [0.15, 0.2) is 5.75 Å². The van der Waals surface area contributed by atoms with Gasteiger partial charge in [0.25, 0.3) is 0 Å². The maximum absolute atomic E-state index is 12.9. The van der Waals surface area contributed by atoms with Crippen LogP contribution in [0.25, 0.3) is 0 Å². The number of carbonyl (C=O) groups excluding carboxylic acids is 1. The second-order valence-electron chi connectivity index (χ2n) is 8.05. The number of aryl methyl sites for hydroxylation is 1. The molecule has 1 aliphatic carbocycles. The molecule has 1 amide bonds. The molecule has 3 heterocycles. The van der Waals surface area contributed by atoms with Gasteiger partial charge in [-0.2, -0.15) is 5.10 Å². The van der Waals surface area contributed by atoms with Gasteiger partial charge in [0.05, 0.1) is 11.6 Å². The highest BCUT2D eigenvalue weighted by molar-refractivity contribution is 5.85. The Bertz CT molecular complexity index is 674. The molecule has 7 heteroatoms. The van der Waals surface area contributed by atoms with Crippen molar-refractivity contribution in [2.75, 3.05) is 26.8 Å². The second kappa shape index (κ2) is 6.53. The first-order chi connectivity index (χ1) is 12.5. The van der Waals surface area contributed by atoms with Gasteiger partial charge in [0, 0.05) is 52.6 Å². The van der Waals surface area contributed by atoms with Gasteiger partial charge in [-0.25, -0.2) is 0 Å². The Balaban J connectivity index is 1.41. The number of aliphatic hydroxyl groups excluding tert-OH is 1. The standard InChI is InChI=1S/C19H29N3O4/c1-3-22-13-15-16(20-22)14(23)12-19(26-15)6-9-21(10-7-19)17(24)18(4-5-18)8-11-25-2/h13-14,23H,3-12H2,1-2H3. The van der Waals surface area contributed by atoms with Crippen molar-refractivity contribution in [3.63, 3.8) is 0 Å². The molecule has 1 N–H and O–H groups in total. The third-order valence-corrected chi connectivity index (χ3v) is 6.34. The van der Waals surface area contributed by atoms with Crippen LogP contribution in [-0.2, 0) is 16.1 Å². The van der Waals surface area contributed by atoms with Gasteiger partial charge in [0.1, 0.15) is 17.4 Å². The normalized spacial score (nSPS) is 25.7. The highest BCUT2D eigenvalue weighted by atomic mass is 16.5. The van der Waals surface area contributed by atoms with E-state index in [0.717, 1.165) is 38.6 Å². The molecule has 26 heavy (non-hydrogen) atoms. The molecule has 7 nitrogen and oxygen atoms in total. The maximum Gasteiger partial charge on any atom is 0.228 e. The summed E-state index contributed by atoms with van der Waals surface area (Å²) in [6.45, 7) is 4.79. The number of fused-ring (bicyclic) bond motifs is 1. The van der Waals surface area contributed by atoms with E-state index in [0.29, 0.717) is 37.6 Å². The van der Waals surface area contributed by atoms with Crippen molar-refractivity contribution in [2.24, 2.45) is 5.41 Å². The summed E-state index contributed by atoms with van der Waals surface area (Å²) < 4.78 is 13.3. The van der Waals surface area contributed by atoms with E-state index in [9.17, 15) is 9.90 Å². The average Bonchev–Trinajstić information content (AvgIpc) is 3.32. The molecule has 0 aromatic carbocycles. The molecular weight excluding hydrogens is 334 g/mol. The lowest BCUT2D eigenvalue weighted by Gasteiger charge is -2.45. The number of nitrogens with zero attached hydrogens (tertiary/aromatic N) is 3. The van der Waals surface area contributed by atoms with Gasteiger partial charge in [-0.3, -0.25) is 9.48 Å². The van der Waals surface area contributed by atoms with E-state index in [-0.39, 0.29) is 16.9 Å². The van der Waals surface area contributed by atoms with Crippen LogP contribution < -0.4 is 4.74 Å². The number of likely N-dealkylation sites (tertiary alicyclic amines) is 1. The maximum atomic E-state index is 12.9. The number of aromatic nitrogens is 2. The summed E-state index contributed by atoms with van der Waals surface area (Å²) in [4.78, 5) is 14.9. The molecule has 3 aliphatic rings. The minimum atomic E-state index is -0.592. The first-order valence-electron chi connectivity index (χ1n) is 9.74. The van der Waals surface area contributed by atoms with Crippen LogP contribution in [0.15, 0.2) is 6.20 Å². The first kappa shape index (κ1) is 17.8. The van der Waals surface area contributed by atoms with Gasteiger partial charge < -0.3 is 19.5 Å². The van der Waals surface area contributed by atoms with Gasteiger partial charge in [-0.15, -0.1) is 0 Å². The van der Waals surface area contributed by atoms with Gasteiger partial charge >= 0.3 is 0 Å². The molecule has 144 valence electrons. The van der Waals surface area contributed by atoms with Gasteiger partial charge in [0.2, 0.25) is 5.91 Å². The summed E-state index contributed by atoms with van der Waals surface area (Å²) >= 11 is 0. The predicted octanol–water partition coefficient (Wildman–Crippen LogP) is 1.90. The second-order valence-corrected chi connectivity index (χ2v) is 8.05. The Morgan fingerprint density at radius 3 is 2.73 bits per heavy atom. The summed E-state index contributed by atoms with van der Waals surface area (Å²) in [5.41, 5.74) is 0.0872. The lowest BCUT2D eigenvalue weighted by molar-refractivity contribution is -0.142. The zero-order valence-electron chi connectivity index (χ0n) is 15.7. The fourth-order valence-corrected chi connectivity index (χ4v) is 4.39. The fraction of sp³-hybridized carbons (Fsp3) is 0.789. The van der Waals surface area contributed by atoms with E-state index < -0.39 is 6.10 Å². The Hall–Kier alpha value is -1.60. The van der Waals surface area contributed by atoms with E-state index >= 15 is 0 Å². The number of hydrogen-bond donors (Lipinski definition) is 1. The molecule has 1 saturated heterocycles. The first-order valence-corrected chi connectivity index (χ1v) is 9.74. The molecule has 2 fully saturated rings. The molecule has 0 bridgehead atoms. The summed E-state index contributed by atoms with van der Waals surface area (Å²) in [5.74, 6) is 0.976. The fourth-order valence-electron chi connectivity index (χ4n) is 4.39. The summed E-state index contributed by atoms with van der Waals surface area (Å²) in [7, 11) is 1.69. The minimum absolute atomic E-state index is 0.178. The third kappa shape index (κ3) is 3.01. The smallest absolute Gasteiger partial charge is 0.228 e. The number of ether oxygens (including phenoxy) is 2. The monoisotopic (exact) mass is 363 g/mol. The number of rotatable bonds is 5. The van der Waals surface area contributed by atoms with E-state index in [1.54, 1.807) is 11.8 Å². The predicted molar refractivity (Wildman–Crippen MR) is 94.8 cm³/mol. The molecule has 1 spiro atoms. The van der Waals surface area contributed by atoms with E-state index in [2.05, 4.69) is 5.10 Å². The molecule has 0 radical (unpaired) electrons. The van der Waals surface area contributed by atoms with E-state index in [1.165, 1.54) is 0 Å². The van der Waals surface area contributed by atoms with Crippen LogP contribution in [0.4, 0.5) is 0 Å². The molecule has 1 atom stereocenters. The van der Waals surface area contributed by atoms with Crippen LogP contribution in [-0.4, -0.2) is 58.1 Å². The molecule has 1 saturated carbocycles. The highest BCUT2D eigenvalue weighted by Gasteiger charge is 2.53. The van der Waals surface area contributed by atoms with Gasteiger partial charge in [-0.1, -0.05) is 0 Å². The largest absolute Gasteiger partial charge is 0.483 e. The number of piperidine rings is 1. The molecule has 1 aromatic heterocycles. The SMILES string of the molecule is CCn1cc2c(n1)C(O)CC1(CCN(C(=O)C3(CCOC)CC3)CC1)O2. The number of carbonyl (C=O) groups is 1. The Kier molecular flexibility index (Phi) is 4.47. The van der Waals surface area contributed by atoms with Crippen molar-refractivity contribution in [3.8, 4) is 5.75 Å². The van der Waals surface area contributed by atoms with Crippen LogP contribution in [0.1, 0.15) is 57.2 Å². The van der Waals surface area contributed by atoms with Crippen molar-refractivity contribution in [1.82, 2.24) is 14.7 Å². The number of methoxy groups -OCH3 is 1. The summed E-state index contributed by atoms with van der Waals surface area (Å²) in [5, 5.41) is 15.0. The van der Waals surface area contributed by atoms with Crippen LogP contribution in [0.5, 0.6) is 5.75 Å². The van der Waals surface area contributed by atoms with E-state index in [4.69, 9.17) is 9.47 Å². The van der Waals surface area contributed by atoms with Gasteiger partial charge in [-0.05, 0) is 26.2 Å². The third-order valence-electron chi connectivity index (χ3n) is 6.34. The molecular formula is C19H29N3O4. The number of amides is 1. The van der Waals surface area contributed by atoms with E-state index in [1.807, 2.05) is 18.0 Å². The highest BCUT2D eigenvalue weighted by Crippen LogP contribution is 2.51. The van der Waals surface area contributed by atoms with Crippen LogP contribution >= 0.6 is 0 Å². The van der Waals surface area contributed by atoms with Crippen molar-refractivity contribution in [3.05, 3.63) is 11.9 Å². The topological polar surface area (TPSA) is 76.8 Å². The Morgan fingerprint density at radius 1 is 1.38 bits per heavy atom. The Morgan fingerprint density at radius 2 is 2.12 bits per heavy atom. The zero-order chi connectivity index (χ0) is 18.4. The molecule has 2 aliphatic heterocycles. The van der Waals surface area contributed by atoms with Crippen LogP contribution in [0.2, 0.25) is 0 Å². The number of aliphatic hydroxyl groups is 1. The summed E-state index contributed by atoms with van der Waals surface area (Å²) in [6.07, 6.45) is 6.12.